The first kappa shape index (κ1) is 20.5. The summed E-state index contributed by atoms with van der Waals surface area (Å²) in [6, 6.07) is 16.9. The lowest BCUT2D eigenvalue weighted by atomic mass is 9.83. The highest BCUT2D eigenvalue weighted by Crippen LogP contribution is 2.46. The number of rotatable bonds is 6. The van der Waals surface area contributed by atoms with Crippen LogP contribution in [0.4, 0.5) is 4.79 Å². The molecule has 2 unspecified atom stereocenters. The average Bonchev–Trinajstić information content (AvgIpc) is 3.25. The fourth-order valence-electron chi connectivity index (χ4n) is 6.04. The van der Waals surface area contributed by atoms with Gasteiger partial charge in [-0.2, -0.15) is 0 Å². The molecule has 0 spiro atoms. The third kappa shape index (κ3) is 3.74. The van der Waals surface area contributed by atoms with E-state index in [4.69, 9.17) is 9.47 Å². The molecule has 5 heteroatoms. The zero-order chi connectivity index (χ0) is 21.4. The van der Waals surface area contributed by atoms with E-state index < -0.39 is 5.60 Å². The summed E-state index contributed by atoms with van der Waals surface area (Å²) < 4.78 is 11.1. The Labute approximate surface area is 184 Å². The van der Waals surface area contributed by atoms with Crippen LogP contribution in [-0.2, 0) is 9.47 Å². The van der Waals surface area contributed by atoms with Crippen molar-refractivity contribution < 1.29 is 19.4 Å². The average molecular weight is 422 g/mol. The molecule has 2 heterocycles. The Bertz CT molecular complexity index is 898. The van der Waals surface area contributed by atoms with E-state index in [2.05, 4.69) is 48.5 Å². The van der Waals surface area contributed by atoms with Crippen molar-refractivity contribution in [1.82, 2.24) is 4.90 Å². The Hall–Kier alpha value is -2.37. The molecule has 5 nitrogen and oxygen atoms in total. The number of carbonyl (C=O) groups excluding carboxylic acids is 1. The number of hydrogen-bond acceptors (Lipinski definition) is 4. The molecule has 1 aliphatic carbocycles. The number of benzene rings is 2. The first-order chi connectivity index (χ1) is 15.1. The first-order valence-corrected chi connectivity index (χ1v) is 11.4. The fraction of sp³-hybridized carbons (Fsp3) is 0.500. The Kier molecular flexibility index (Phi) is 5.49. The second-order valence-corrected chi connectivity index (χ2v) is 9.33. The molecular weight excluding hydrogens is 390 g/mol. The fourth-order valence-corrected chi connectivity index (χ4v) is 6.04. The molecular formula is C26H31NO4. The van der Waals surface area contributed by atoms with Crippen LogP contribution in [0.5, 0.6) is 0 Å². The Morgan fingerprint density at radius 2 is 1.61 bits per heavy atom. The van der Waals surface area contributed by atoms with Crippen LogP contribution in [0.3, 0.4) is 0 Å². The summed E-state index contributed by atoms with van der Waals surface area (Å²) in [6.07, 6.45) is 4.51. The van der Waals surface area contributed by atoms with Gasteiger partial charge >= 0.3 is 6.09 Å². The van der Waals surface area contributed by atoms with Crippen LogP contribution in [0, 0.1) is 0 Å². The summed E-state index contributed by atoms with van der Waals surface area (Å²) in [5.41, 5.74) is 4.23. The van der Waals surface area contributed by atoms with Crippen molar-refractivity contribution >= 4 is 6.09 Å². The van der Waals surface area contributed by atoms with Crippen molar-refractivity contribution in [3.05, 3.63) is 59.7 Å². The number of methoxy groups -OCH3 is 1. The van der Waals surface area contributed by atoms with Crippen LogP contribution in [0.25, 0.3) is 11.1 Å². The monoisotopic (exact) mass is 421 g/mol. The number of aliphatic hydroxyl groups is 1. The molecule has 2 aromatic carbocycles. The van der Waals surface area contributed by atoms with Gasteiger partial charge in [0.25, 0.3) is 0 Å². The highest BCUT2D eigenvalue weighted by Gasteiger charge is 2.49. The normalized spacial score (nSPS) is 26.6. The largest absolute Gasteiger partial charge is 0.448 e. The molecule has 1 amide bonds. The number of carbonyl (C=O) groups is 1. The van der Waals surface area contributed by atoms with E-state index in [9.17, 15) is 9.90 Å². The highest BCUT2D eigenvalue weighted by molar-refractivity contribution is 5.79. The van der Waals surface area contributed by atoms with Gasteiger partial charge in [0.15, 0.2) is 0 Å². The maximum absolute atomic E-state index is 13.1. The standard InChI is InChI=1S/C26H31NO4/c1-30-14-6-13-26(29)15-18-11-12-19(16-26)27(18)25(28)31-17-24-22-9-4-2-7-20(22)21-8-3-5-10-23(21)24/h2-5,7-10,18-19,24,29H,6,11-17H2,1H3. The van der Waals surface area contributed by atoms with Gasteiger partial charge in [-0.15, -0.1) is 0 Å². The molecule has 164 valence electrons. The van der Waals surface area contributed by atoms with Crippen molar-refractivity contribution in [2.24, 2.45) is 0 Å². The molecule has 2 aromatic rings. The number of ether oxygens (including phenoxy) is 2. The summed E-state index contributed by atoms with van der Waals surface area (Å²) in [6.45, 7) is 1.01. The second-order valence-electron chi connectivity index (χ2n) is 9.33. The molecule has 3 aliphatic rings. The molecule has 0 radical (unpaired) electrons. The first-order valence-electron chi connectivity index (χ1n) is 11.4. The molecule has 0 saturated carbocycles. The second kappa shape index (κ2) is 8.29. The predicted molar refractivity (Wildman–Crippen MR) is 119 cm³/mol. The number of amides is 1. The minimum absolute atomic E-state index is 0.0712. The van der Waals surface area contributed by atoms with Gasteiger partial charge in [0, 0.05) is 31.7 Å². The van der Waals surface area contributed by atoms with Crippen molar-refractivity contribution in [2.45, 2.75) is 62.1 Å². The number of nitrogens with zero attached hydrogens (tertiary/aromatic N) is 1. The van der Waals surface area contributed by atoms with Crippen LogP contribution in [0.1, 0.15) is 55.6 Å². The van der Waals surface area contributed by atoms with E-state index in [-0.39, 0.29) is 24.1 Å². The van der Waals surface area contributed by atoms with Crippen LogP contribution in [0.2, 0.25) is 0 Å². The quantitative estimate of drug-likeness (QED) is 0.686. The third-order valence-corrected chi connectivity index (χ3v) is 7.39. The van der Waals surface area contributed by atoms with Crippen molar-refractivity contribution in [1.29, 1.82) is 0 Å². The molecule has 2 fully saturated rings. The van der Waals surface area contributed by atoms with E-state index in [1.807, 2.05) is 4.90 Å². The van der Waals surface area contributed by atoms with Gasteiger partial charge in [0.2, 0.25) is 0 Å². The summed E-state index contributed by atoms with van der Waals surface area (Å²) in [5.74, 6) is 0.0739. The van der Waals surface area contributed by atoms with Gasteiger partial charge in [-0.25, -0.2) is 4.79 Å². The van der Waals surface area contributed by atoms with E-state index in [0.29, 0.717) is 26.1 Å². The minimum atomic E-state index is -0.690. The van der Waals surface area contributed by atoms with E-state index in [1.165, 1.54) is 22.3 Å². The van der Waals surface area contributed by atoms with Crippen LogP contribution in [0.15, 0.2) is 48.5 Å². The molecule has 0 aromatic heterocycles. The summed E-state index contributed by atoms with van der Waals surface area (Å²) in [7, 11) is 1.69. The lowest BCUT2D eigenvalue weighted by molar-refractivity contribution is -0.0570. The van der Waals surface area contributed by atoms with Gasteiger partial charge in [-0.1, -0.05) is 48.5 Å². The van der Waals surface area contributed by atoms with E-state index in [0.717, 1.165) is 25.7 Å². The molecule has 2 aliphatic heterocycles. The lowest BCUT2D eigenvalue weighted by Crippen LogP contribution is -2.53. The Morgan fingerprint density at radius 1 is 1.03 bits per heavy atom. The number of fused-ring (bicyclic) bond motifs is 5. The maximum atomic E-state index is 13.1. The van der Waals surface area contributed by atoms with Crippen LogP contribution >= 0.6 is 0 Å². The van der Waals surface area contributed by atoms with Crippen molar-refractivity contribution in [2.75, 3.05) is 20.3 Å². The lowest BCUT2D eigenvalue weighted by Gasteiger charge is -2.43. The smallest absolute Gasteiger partial charge is 0.410 e. The van der Waals surface area contributed by atoms with Gasteiger partial charge in [0.1, 0.15) is 6.61 Å². The van der Waals surface area contributed by atoms with Crippen LogP contribution < -0.4 is 0 Å². The van der Waals surface area contributed by atoms with Gasteiger partial charge < -0.3 is 19.5 Å². The molecule has 5 rings (SSSR count). The maximum Gasteiger partial charge on any atom is 0.410 e. The summed E-state index contributed by atoms with van der Waals surface area (Å²) in [4.78, 5) is 15.0. The molecule has 1 N–H and O–H groups in total. The Balaban J connectivity index is 1.26. The molecule has 2 bridgehead atoms. The van der Waals surface area contributed by atoms with Gasteiger partial charge in [0.05, 0.1) is 5.60 Å². The highest BCUT2D eigenvalue weighted by atomic mass is 16.6. The molecule has 2 atom stereocenters. The van der Waals surface area contributed by atoms with Gasteiger partial charge in [-0.05, 0) is 60.8 Å². The molecule has 31 heavy (non-hydrogen) atoms. The SMILES string of the molecule is COCCCC1(O)CC2CCC(C1)N2C(=O)OCC1c2ccccc2-c2ccccc21. The minimum Gasteiger partial charge on any atom is -0.448 e. The Morgan fingerprint density at radius 3 is 2.19 bits per heavy atom. The zero-order valence-electron chi connectivity index (χ0n) is 18.1. The van der Waals surface area contributed by atoms with Crippen molar-refractivity contribution in [3.8, 4) is 11.1 Å². The zero-order valence-corrected chi connectivity index (χ0v) is 18.1. The van der Waals surface area contributed by atoms with Crippen molar-refractivity contribution in [3.63, 3.8) is 0 Å². The van der Waals surface area contributed by atoms with Crippen LogP contribution in [-0.4, -0.2) is 54.1 Å². The summed E-state index contributed by atoms with van der Waals surface area (Å²) >= 11 is 0. The van der Waals surface area contributed by atoms with E-state index >= 15 is 0 Å². The van der Waals surface area contributed by atoms with E-state index in [1.54, 1.807) is 7.11 Å². The third-order valence-electron chi connectivity index (χ3n) is 7.39. The predicted octanol–water partition coefficient (Wildman–Crippen LogP) is 4.72. The number of hydrogen-bond donors (Lipinski definition) is 1. The van der Waals surface area contributed by atoms with Gasteiger partial charge in [-0.3, -0.25) is 0 Å². The summed E-state index contributed by atoms with van der Waals surface area (Å²) in [5, 5.41) is 11.1. The molecule has 2 saturated heterocycles. The topological polar surface area (TPSA) is 59.0 Å². The number of piperidine rings is 1.